The number of ether oxygens (including phenoxy) is 1. The molecule has 1 aliphatic heterocycles. The second-order valence-corrected chi connectivity index (χ2v) is 9.00. The van der Waals surface area contributed by atoms with Crippen molar-refractivity contribution in [2.75, 3.05) is 17.6 Å². The number of sulfonamides is 1. The lowest BCUT2D eigenvalue weighted by Gasteiger charge is -2.12. The average molecular weight is 402 g/mol. The molecule has 2 aromatic carbocycles. The lowest BCUT2D eigenvalue weighted by molar-refractivity contribution is 0.402. The molecule has 0 unspecified atom stereocenters. The van der Waals surface area contributed by atoms with Gasteiger partial charge in [0, 0.05) is 29.7 Å². The van der Waals surface area contributed by atoms with Crippen LogP contribution in [-0.4, -0.2) is 30.8 Å². The first-order valence-electron chi connectivity index (χ1n) is 8.44. The third kappa shape index (κ3) is 3.54. The Balaban J connectivity index is 1.57. The van der Waals surface area contributed by atoms with Crippen molar-refractivity contribution in [3.63, 3.8) is 0 Å². The van der Waals surface area contributed by atoms with Gasteiger partial charge in [0.25, 0.3) is 10.0 Å². The van der Waals surface area contributed by atoms with Crippen molar-refractivity contribution in [3.8, 4) is 17.0 Å². The lowest BCUT2D eigenvalue weighted by Crippen LogP contribution is -2.14. The van der Waals surface area contributed by atoms with Crippen LogP contribution >= 0.6 is 11.8 Å². The molecule has 1 aromatic heterocycles. The fourth-order valence-corrected chi connectivity index (χ4v) is 5.12. The maximum Gasteiger partial charge on any atom is 0.265 e. The Morgan fingerprint density at radius 2 is 1.96 bits per heavy atom. The average Bonchev–Trinajstić information content (AvgIpc) is 3.23. The van der Waals surface area contributed by atoms with Crippen LogP contribution in [0.15, 0.2) is 58.7 Å². The SMILES string of the molecule is COc1cc(C)ccc1S(=O)(=O)Nc1ccc(-c2cn3c(n2)SCC3)cc1. The summed E-state index contributed by atoms with van der Waals surface area (Å²) in [5.41, 5.74) is 3.27. The van der Waals surface area contributed by atoms with E-state index in [4.69, 9.17) is 4.74 Å². The second kappa shape index (κ2) is 6.94. The molecule has 1 N–H and O–H groups in total. The number of thioether (sulfide) groups is 1. The van der Waals surface area contributed by atoms with Gasteiger partial charge in [0.15, 0.2) is 5.16 Å². The first-order valence-corrected chi connectivity index (χ1v) is 10.9. The third-order valence-electron chi connectivity index (χ3n) is 4.34. The van der Waals surface area contributed by atoms with Gasteiger partial charge >= 0.3 is 0 Å². The van der Waals surface area contributed by atoms with E-state index in [-0.39, 0.29) is 4.90 Å². The number of aromatic nitrogens is 2. The number of nitrogens with zero attached hydrogens (tertiary/aromatic N) is 2. The minimum atomic E-state index is -3.75. The maximum atomic E-state index is 12.7. The third-order valence-corrected chi connectivity index (χ3v) is 6.74. The smallest absolute Gasteiger partial charge is 0.265 e. The van der Waals surface area contributed by atoms with Gasteiger partial charge in [-0.15, -0.1) is 0 Å². The predicted octanol–water partition coefficient (Wildman–Crippen LogP) is 3.77. The number of fused-ring (bicyclic) bond motifs is 1. The quantitative estimate of drug-likeness (QED) is 0.704. The van der Waals surface area contributed by atoms with Gasteiger partial charge in [-0.2, -0.15) is 0 Å². The monoisotopic (exact) mass is 401 g/mol. The highest BCUT2D eigenvalue weighted by molar-refractivity contribution is 7.99. The lowest BCUT2D eigenvalue weighted by atomic mass is 10.1. The van der Waals surface area contributed by atoms with E-state index >= 15 is 0 Å². The molecule has 1 aliphatic rings. The van der Waals surface area contributed by atoms with E-state index in [9.17, 15) is 8.42 Å². The van der Waals surface area contributed by atoms with E-state index < -0.39 is 10.0 Å². The number of aryl methyl sites for hydroxylation is 2. The topological polar surface area (TPSA) is 73.2 Å². The van der Waals surface area contributed by atoms with E-state index in [0.717, 1.165) is 34.3 Å². The van der Waals surface area contributed by atoms with Crippen molar-refractivity contribution in [1.82, 2.24) is 9.55 Å². The van der Waals surface area contributed by atoms with Crippen LogP contribution in [0.2, 0.25) is 0 Å². The van der Waals surface area contributed by atoms with E-state index in [1.165, 1.54) is 7.11 Å². The summed E-state index contributed by atoms with van der Waals surface area (Å²) in [5, 5.41) is 1.03. The summed E-state index contributed by atoms with van der Waals surface area (Å²) in [5.74, 6) is 1.38. The molecule has 0 fully saturated rings. The molecule has 27 heavy (non-hydrogen) atoms. The Bertz CT molecular complexity index is 1070. The minimum absolute atomic E-state index is 0.113. The zero-order valence-electron chi connectivity index (χ0n) is 15.0. The number of anilines is 1. The van der Waals surface area contributed by atoms with Crippen LogP contribution in [0, 0.1) is 6.92 Å². The standard InChI is InChI=1S/C19H19N3O3S2/c1-13-3-8-18(17(11-13)25-2)27(23,24)21-15-6-4-14(5-7-15)16-12-22-9-10-26-19(22)20-16/h3-8,11-12,21H,9-10H2,1-2H3. The molecule has 0 spiro atoms. The van der Waals surface area contributed by atoms with Crippen LogP contribution in [0.1, 0.15) is 5.56 Å². The van der Waals surface area contributed by atoms with Gasteiger partial charge in [-0.1, -0.05) is 30.0 Å². The fourth-order valence-electron chi connectivity index (χ4n) is 2.96. The maximum absolute atomic E-state index is 12.7. The Hall–Kier alpha value is -2.45. The predicted molar refractivity (Wildman–Crippen MR) is 107 cm³/mol. The van der Waals surface area contributed by atoms with Crippen LogP contribution in [0.3, 0.4) is 0 Å². The highest BCUT2D eigenvalue weighted by Gasteiger charge is 2.20. The van der Waals surface area contributed by atoms with Crippen molar-refractivity contribution in [2.24, 2.45) is 0 Å². The molecule has 8 heteroatoms. The summed E-state index contributed by atoms with van der Waals surface area (Å²) in [6.07, 6.45) is 2.03. The summed E-state index contributed by atoms with van der Waals surface area (Å²) in [6, 6.07) is 12.2. The van der Waals surface area contributed by atoms with Gasteiger partial charge in [-0.25, -0.2) is 13.4 Å². The molecule has 0 radical (unpaired) electrons. The molecular formula is C19H19N3O3S2. The second-order valence-electron chi connectivity index (χ2n) is 6.29. The van der Waals surface area contributed by atoms with E-state index in [0.29, 0.717) is 11.4 Å². The highest BCUT2D eigenvalue weighted by Crippen LogP contribution is 2.30. The first-order chi connectivity index (χ1) is 13.0. The van der Waals surface area contributed by atoms with Gasteiger partial charge < -0.3 is 9.30 Å². The van der Waals surface area contributed by atoms with E-state index in [2.05, 4.69) is 14.3 Å². The Morgan fingerprint density at radius 1 is 1.19 bits per heavy atom. The van der Waals surface area contributed by atoms with E-state index in [1.807, 2.05) is 25.3 Å². The van der Waals surface area contributed by atoms with Crippen LogP contribution in [0.25, 0.3) is 11.3 Å². The van der Waals surface area contributed by atoms with Gasteiger partial charge in [0.2, 0.25) is 0 Å². The largest absolute Gasteiger partial charge is 0.495 e. The molecule has 0 amide bonds. The van der Waals surface area contributed by atoms with Gasteiger partial charge in [0.1, 0.15) is 10.6 Å². The van der Waals surface area contributed by atoms with Crippen molar-refractivity contribution >= 4 is 27.5 Å². The highest BCUT2D eigenvalue weighted by atomic mass is 32.2. The number of imidazole rings is 1. The van der Waals surface area contributed by atoms with Crippen molar-refractivity contribution in [3.05, 3.63) is 54.2 Å². The molecular weight excluding hydrogens is 382 g/mol. The molecule has 0 aliphatic carbocycles. The van der Waals surface area contributed by atoms with Crippen LogP contribution in [-0.2, 0) is 16.6 Å². The molecule has 140 valence electrons. The summed E-state index contributed by atoms with van der Waals surface area (Å²) in [4.78, 5) is 4.73. The Kier molecular flexibility index (Phi) is 4.61. The summed E-state index contributed by atoms with van der Waals surface area (Å²) in [7, 11) is -2.28. The van der Waals surface area contributed by atoms with Crippen LogP contribution < -0.4 is 9.46 Å². The fraction of sp³-hybridized carbons (Fsp3) is 0.211. The van der Waals surface area contributed by atoms with Gasteiger partial charge in [0.05, 0.1) is 12.8 Å². The number of nitrogens with one attached hydrogen (secondary N) is 1. The number of rotatable bonds is 5. The Morgan fingerprint density at radius 3 is 2.67 bits per heavy atom. The van der Waals surface area contributed by atoms with Crippen LogP contribution in [0.4, 0.5) is 5.69 Å². The number of hydrogen-bond acceptors (Lipinski definition) is 5. The normalized spacial score (nSPS) is 13.4. The van der Waals surface area contributed by atoms with Gasteiger partial charge in [-0.3, -0.25) is 4.72 Å². The molecule has 0 atom stereocenters. The Labute approximate surface area is 162 Å². The van der Waals surface area contributed by atoms with Crippen LogP contribution in [0.5, 0.6) is 5.75 Å². The van der Waals surface area contributed by atoms with E-state index in [1.54, 1.807) is 42.1 Å². The molecule has 0 bridgehead atoms. The van der Waals surface area contributed by atoms with Crippen molar-refractivity contribution < 1.29 is 13.2 Å². The molecule has 0 saturated carbocycles. The summed E-state index contributed by atoms with van der Waals surface area (Å²) < 4.78 is 35.4. The molecule has 0 saturated heterocycles. The number of benzene rings is 2. The van der Waals surface area contributed by atoms with Crippen molar-refractivity contribution in [2.45, 2.75) is 23.5 Å². The molecule has 6 nitrogen and oxygen atoms in total. The zero-order valence-corrected chi connectivity index (χ0v) is 16.6. The van der Waals surface area contributed by atoms with Gasteiger partial charge in [-0.05, 0) is 36.8 Å². The minimum Gasteiger partial charge on any atom is -0.495 e. The summed E-state index contributed by atoms with van der Waals surface area (Å²) in [6.45, 7) is 2.86. The number of hydrogen-bond donors (Lipinski definition) is 1. The summed E-state index contributed by atoms with van der Waals surface area (Å²) >= 11 is 1.74. The molecule has 4 rings (SSSR count). The molecule has 3 aromatic rings. The molecule has 2 heterocycles. The zero-order chi connectivity index (χ0) is 19.0. The van der Waals surface area contributed by atoms with Crippen molar-refractivity contribution in [1.29, 1.82) is 0 Å². The number of methoxy groups -OCH3 is 1. The first kappa shape index (κ1) is 17.9.